The maximum absolute atomic E-state index is 11.0. The van der Waals surface area contributed by atoms with Crippen LogP contribution in [0.5, 0.6) is 0 Å². The number of fused-ring (bicyclic) bond motifs is 1. The predicted molar refractivity (Wildman–Crippen MR) is 72.2 cm³/mol. The standard InChI is InChI=1S/C16H17NO/c1-11-9-14(10-18)12(2)17(11)16-8-7-13-5-3-4-6-15(13)16/h3-6,9-10,16H,7-8H2,1-2H3. The number of aryl methyl sites for hydroxylation is 2. The summed E-state index contributed by atoms with van der Waals surface area (Å²) in [5.74, 6) is 0. The Morgan fingerprint density at radius 2 is 2.06 bits per heavy atom. The highest BCUT2D eigenvalue weighted by Gasteiger charge is 2.25. The van der Waals surface area contributed by atoms with E-state index in [0.29, 0.717) is 6.04 Å². The van der Waals surface area contributed by atoms with Gasteiger partial charge in [-0.05, 0) is 43.9 Å². The molecule has 0 aliphatic heterocycles. The second-order valence-electron chi connectivity index (χ2n) is 5.07. The minimum Gasteiger partial charge on any atom is -0.341 e. The van der Waals surface area contributed by atoms with Crippen molar-refractivity contribution >= 4 is 6.29 Å². The van der Waals surface area contributed by atoms with Crippen molar-refractivity contribution in [2.75, 3.05) is 0 Å². The molecule has 1 atom stereocenters. The Morgan fingerprint density at radius 3 is 2.78 bits per heavy atom. The van der Waals surface area contributed by atoms with Crippen molar-refractivity contribution in [2.45, 2.75) is 32.7 Å². The minimum atomic E-state index is 0.398. The molecule has 1 aliphatic rings. The molecular weight excluding hydrogens is 222 g/mol. The third kappa shape index (κ3) is 1.52. The molecule has 1 heterocycles. The first kappa shape index (κ1) is 11.3. The Morgan fingerprint density at radius 1 is 1.28 bits per heavy atom. The Hall–Kier alpha value is -1.83. The van der Waals surface area contributed by atoms with Crippen LogP contribution in [0.25, 0.3) is 0 Å². The highest BCUT2D eigenvalue weighted by atomic mass is 16.1. The lowest BCUT2D eigenvalue weighted by molar-refractivity contribution is 0.112. The molecule has 0 bridgehead atoms. The Balaban J connectivity index is 2.13. The number of aldehydes is 1. The zero-order chi connectivity index (χ0) is 12.7. The number of nitrogens with zero attached hydrogens (tertiary/aromatic N) is 1. The van der Waals surface area contributed by atoms with Crippen LogP contribution in [-0.2, 0) is 6.42 Å². The summed E-state index contributed by atoms with van der Waals surface area (Å²) in [7, 11) is 0. The van der Waals surface area contributed by atoms with E-state index < -0.39 is 0 Å². The van der Waals surface area contributed by atoms with E-state index in [0.717, 1.165) is 30.4 Å². The van der Waals surface area contributed by atoms with Gasteiger partial charge in [0.2, 0.25) is 0 Å². The first-order chi connectivity index (χ1) is 8.72. The Kier molecular flexibility index (Phi) is 2.58. The molecule has 2 nitrogen and oxygen atoms in total. The zero-order valence-corrected chi connectivity index (χ0v) is 10.8. The number of hydrogen-bond acceptors (Lipinski definition) is 1. The van der Waals surface area contributed by atoms with Gasteiger partial charge in [-0.2, -0.15) is 0 Å². The summed E-state index contributed by atoms with van der Waals surface area (Å²) in [6, 6.07) is 11.0. The number of rotatable bonds is 2. The summed E-state index contributed by atoms with van der Waals surface area (Å²) in [5, 5.41) is 0. The lowest BCUT2D eigenvalue weighted by atomic mass is 10.1. The van der Waals surface area contributed by atoms with Gasteiger partial charge in [0.05, 0.1) is 6.04 Å². The van der Waals surface area contributed by atoms with Crippen molar-refractivity contribution in [1.82, 2.24) is 4.57 Å². The van der Waals surface area contributed by atoms with Gasteiger partial charge in [0.1, 0.15) is 0 Å². The van der Waals surface area contributed by atoms with Crippen molar-refractivity contribution < 1.29 is 4.79 Å². The van der Waals surface area contributed by atoms with Crippen LogP contribution < -0.4 is 0 Å². The van der Waals surface area contributed by atoms with Crippen LogP contribution in [0.3, 0.4) is 0 Å². The van der Waals surface area contributed by atoms with E-state index in [2.05, 4.69) is 35.8 Å². The molecular formula is C16H17NO. The average molecular weight is 239 g/mol. The molecule has 18 heavy (non-hydrogen) atoms. The third-order valence-electron chi connectivity index (χ3n) is 4.06. The third-order valence-corrected chi connectivity index (χ3v) is 4.06. The summed E-state index contributed by atoms with van der Waals surface area (Å²) in [6.07, 6.45) is 3.22. The number of hydrogen-bond donors (Lipinski definition) is 0. The topological polar surface area (TPSA) is 22.0 Å². The van der Waals surface area contributed by atoms with Gasteiger partial charge in [-0.3, -0.25) is 4.79 Å². The molecule has 1 aliphatic carbocycles. The van der Waals surface area contributed by atoms with Gasteiger partial charge >= 0.3 is 0 Å². The molecule has 0 fully saturated rings. The minimum absolute atomic E-state index is 0.398. The van der Waals surface area contributed by atoms with Crippen molar-refractivity contribution in [2.24, 2.45) is 0 Å². The smallest absolute Gasteiger partial charge is 0.151 e. The van der Waals surface area contributed by atoms with Crippen molar-refractivity contribution in [3.63, 3.8) is 0 Å². The lowest BCUT2D eigenvalue weighted by Crippen LogP contribution is -2.10. The van der Waals surface area contributed by atoms with E-state index in [1.165, 1.54) is 16.8 Å². The zero-order valence-electron chi connectivity index (χ0n) is 10.8. The van der Waals surface area contributed by atoms with Crippen molar-refractivity contribution in [1.29, 1.82) is 0 Å². The van der Waals surface area contributed by atoms with Gasteiger partial charge in [0, 0.05) is 17.0 Å². The van der Waals surface area contributed by atoms with Gasteiger partial charge < -0.3 is 4.57 Å². The molecule has 0 spiro atoms. The molecule has 3 rings (SSSR count). The molecule has 0 amide bonds. The van der Waals surface area contributed by atoms with Gasteiger partial charge in [0.25, 0.3) is 0 Å². The molecule has 1 unspecified atom stereocenters. The van der Waals surface area contributed by atoms with E-state index in [1.54, 1.807) is 0 Å². The fourth-order valence-corrected chi connectivity index (χ4v) is 3.20. The van der Waals surface area contributed by atoms with Crippen molar-refractivity contribution in [3.05, 3.63) is 58.4 Å². The van der Waals surface area contributed by atoms with Crippen LogP contribution >= 0.6 is 0 Å². The quantitative estimate of drug-likeness (QED) is 0.736. The molecule has 2 heteroatoms. The van der Waals surface area contributed by atoms with Crippen LogP contribution in [0, 0.1) is 13.8 Å². The summed E-state index contributed by atoms with van der Waals surface area (Å²) < 4.78 is 2.32. The SMILES string of the molecule is Cc1cc(C=O)c(C)n1C1CCc2ccccc21. The maximum atomic E-state index is 11.0. The molecule has 2 aromatic rings. The predicted octanol–water partition coefficient (Wildman–Crippen LogP) is 3.45. The fraction of sp³-hybridized carbons (Fsp3) is 0.312. The number of carbonyl (C=O) groups is 1. The van der Waals surface area contributed by atoms with Gasteiger partial charge in [0.15, 0.2) is 6.29 Å². The van der Waals surface area contributed by atoms with Crippen LogP contribution in [0.15, 0.2) is 30.3 Å². The molecule has 1 aromatic carbocycles. The number of aromatic nitrogens is 1. The van der Waals surface area contributed by atoms with E-state index in [-0.39, 0.29) is 0 Å². The first-order valence-electron chi connectivity index (χ1n) is 6.43. The summed E-state index contributed by atoms with van der Waals surface area (Å²) >= 11 is 0. The highest BCUT2D eigenvalue weighted by molar-refractivity contribution is 5.77. The fourth-order valence-electron chi connectivity index (χ4n) is 3.20. The molecule has 0 saturated carbocycles. The van der Waals surface area contributed by atoms with Gasteiger partial charge in [-0.15, -0.1) is 0 Å². The van der Waals surface area contributed by atoms with E-state index >= 15 is 0 Å². The van der Waals surface area contributed by atoms with Crippen LogP contribution in [-0.4, -0.2) is 10.9 Å². The monoisotopic (exact) mass is 239 g/mol. The largest absolute Gasteiger partial charge is 0.341 e. The van der Waals surface area contributed by atoms with Gasteiger partial charge in [-0.1, -0.05) is 24.3 Å². The Labute approximate surface area is 107 Å². The molecule has 0 radical (unpaired) electrons. The average Bonchev–Trinajstić information content (AvgIpc) is 2.91. The van der Waals surface area contributed by atoms with Gasteiger partial charge in [-0.25, -0.2) is 0 Å². The van der Waals surface area contributed by atoms with E-state index in [4.69, 9.17) is 0 Å². The van der Waals surface area contributed by atoms with Crippen LogP contribution in [0.1, 0.15) is 45.3 Å². The highest BCUT2D eigenvalue weighted by Crippen LogP contribution is 2.36. The second kappa shape index (κ2) is 4.13. The summed E-state index contributed by atoms with van der Waals surface area (Å²) in [6.45, 7) is 4.12. The molecule has 0 N–H and O–H groups in total. The Bertz CT molecular complexity index is 610. The summed E-state index contributed by atoms with van der Waals surface area (Å²) in [4.78, 5) is 11.0. The lowest BCUT2D eigenvalue weighted by Gasteiger charge is -2.19. The normalized spacial score (nSPS) is 17.8. The maximum Gasteiger partial charge on any atom is 0.151 e. The summed E-state index contributed by atoms with van der Waals surface area (Å²) in [5.41, 5.74) is 5.94. The first-order valence-corrected chi connectivity index (χ1v) is 6.43. The molecule has 92 valence electrons. The van der Waals surface area contributed by atoms with E-state index in [1.807, 2.05) is 13.0 Å². The van der Waals surface area contributed by atoms with Crippen LogP contribution in [0.2, 0.25) is 0 Å². The number of benzene rings is 1. The van der Waals surface area contributed by atoms with Crippen LogP contribution in [0.4, 0.5) is 0 Å². The second-order valence-corrected chi connectivity index (χ2v) is 5.07. The molecule has 1 aromatic heterocycles. The molecule has 0 saturated heterocycles. The van der Waals surface area contributed by atoms with Crippen molar-refractivity contribution in [3.8, 4) is 0 Å². The number of carbonyl (C=O) groups excluding carboxylic acids is 1. The van der Waals surface area contributed by atoms with E-state index in [9.17, 15) is 4.79 Å².